The summed E-state index contributed by atoms with van der Waals surface area (Å²) in [6, 6.07) is 0. The van der Waals surface area contributed by atoms with Gasteiger partial charge in [-0.15, -0.1) is 0 Å². The van der Waals surface area contributed by atoms with Gasteiger partial charge >= 0.3 is 0 Å². The maximum absolute atomic E-state index is 12.6. The molecule has 2 rings (SSSR count). The van der Waals surface area contributed by atoms with Crippen LogP contribution in [0.3, 0.4) is 0 Å². The van der Waals surface area contributed by atoms with Crippen molar-refractivity contribution in [2.75, 3.05) is 0 Å². The molecule has 5 nitrogen and oxygen atoms in total. The molecule has 5 heteroatoms. The molecule has 0 heterocycles. The van der Waals surface area contributed by atoms with Crippen molar-refractivity contribution in [2.45, 2.75) is 82.3 Å². The second kappa shape index (κ2) is 6.66. The minimum Gasteiger partial charge on any atom is -0.392 e. The van der Waals surface area contributed by atoms with Gasteiger partial charge in [0.2, 0.25) is 5.78 Å². The molecule has 114 valence electrons. The van der Waals surface area contributed by atoms with E-state index < -0.39 is 17.6 Å². The summed E-state index contributed by atoms with van der Waals surface area (Å²) >= 11 is 0. The van der Waals surface area contributed by atoms with Crippen molar-refractivity contribution in [3.05, 3.63) is 10.1 Å². The van der Waals surface area contributed by atoms with Gasteiger partial charge in [0.15, 0.2) is 0 Å². The summed E-state index contributed by atoms with van der Waals surface area (Å²) in [4.78, 5) is 23.8. The lowest BCUT2D eigenvalue weighted by atomic mass is 9.69. The van der Waals surface area contributed by atoms with Crippen molar-refractivity contribution < 1.29 is 14.8 Å². The van der Waals surface area contributed by atoms with E-state index in [2.05, 4.69) is 0 Å². The van der Waals surface area contributed by atoms with E-state index in [9.17, 15) is 20.0 Å². The molecule has 0 aromatic carbocycles. The Bertz CT molecular complexity index is 371. The Labute approximate surface area is 119 Å². The molecule has 0 spiro atoms. The van der Waals surface area contributed by atoms with E-state index in [0.29, 0.717) is 19.3 Å². The minimum atomic E-state index is -1.41. The number of hydrogen-bond donors (Lipinski definition) is 1. The van der Waals surface area contributed by atoms with E-state index in [1.54, 1.807) is 0 Å². The second-order valence-electron chi connectivity index (χ2n) is 6.38. The van der Waals surface area contributed by atoms with Crippen LogP contribution in [0.15, 0.2) is 0 Å². The van der Waals surface area contributed by atoms with Crippen molar-refractivity contribution in [3.63, 3.8) is 0 Å². The molecule has 0 saturated heterocycles. The molecule has 0 amide bonds. The zero-order chi connectivity index (χ0) is 14.6. The maximum Gasteiger partial charge on any atom is 0.279 e. The topological polar surface area (TPSA) is 80.4 Å². The maximum atomic E-state index is 12.6. The van der Waals surface area contributed by atoms with Gasteiger partial charge in [-0.1, -0.05) is 38.5 Å². The summed E-state index contributed by atoms with van der Waals surface area (Å²) < 4.78 is 0. The summed E-state index contributed by atoms with van der Waals surface area (Å²) in [6.45, 7) is 0. The molecule has 2 saturated carbocycles. The summed E-state index contributed by atoms with van der Waals surface area (Å²) in [5.41, 5.74) is -1.41. The SMILES string of the molecule is O=C1C2CCCCCCCCCC1([N+](=O)[O-])CCC2O. The Morgan fingerprint density at radius 3 is 2.25 bits per heavy atom. The summed E-state index contributed by atoms with van der Waals surface area (Å²) in [7, 11) is 0. The van der Waals surface area contributed by atoms with Crippen LogP contribution in [0.25, 0.3) is 0 Å². The van der Waals surface area contributed by atoms with Gasteiger partial charge in [0.05, 0.1) is 12.0 Å². The Morgan fingerprint density at radius 1 is 1.00 bits per heavy atom. The number of nitro groups is 1. The summed E-state index contributed by atoms with van der Waals surface area (Å²) in [6.07, 6.45) is 7.97. The number of carbonyl (C=O) groups is 1. The zero-order valence-electron chi connectivity index (χ0n) is 12.1. The standard InChI is InChI=1S/C15H25NO4/c17-13-9-11-15(16(19)20)10-7-5-3-1-2-4-6-8-12(13)14(15)18/h12-13,17H,1-11H2. The predicted molar refractivity (Wildman–Crippen MR) is 75.0 cm³/mol. The van der Waals surface area contributed by atoms with E-state index >= 15 is 0 Å². The largest absolute Gasteiger partial charge is 0.392 e. The van der Waals surface area contributed by atoms with Crippen molar-refractivity contribution >= 4 is 5.78 Å². The average Bonchev–Trinajstić information content (AvgIpc) is 2.41. The van der Waals surface area contributed by atoms with Crippen LogP contribution < -0.4 is 0 Å². The number of fused-ring (bicyclic) bond motifs is 2. The number of rotatable bonds is 1. The van der Waals surface area contributed by atoms with Gasteiger partial charge in [-0.25, -0.2) is 0 Å². The average molecular weight is 283 g/mol. The number of nitrogens with zero attached hydrogens (tertiary/aromatic N) is 1. The first-order valence-corrected chi connectivity index (χ1v) is 7.95. The lowest BCUT2D eigenvalue weighted by Crippen LogP contribution is -2.55. The molecule has 3 atom stereocenters. The number of hydrogen-bond acceptors (Lipinski definition) is 4. The molecular weight excluding hydrogens is 258 g/mol. The van der Waals surface area contributed by atoms with Crippen LogP contribution in [-0.4, -0.2) is 27.5 Å². The molecule has 1 N–H and O–H groups in total. The van der Waals surface area contributed by atoms with Crippen LogP contribution in [0, 0.1) is 16.0 Å². The summed E-state index contributed by atoms with van der Waals surface area (Å²) in [5, 5.41) is 21.6. The highest BCUT2D eigenvalue weighted by atomic mass is 16.6. The third kappa shape index (κ3) is 3.03. The Balaban J connectivity index is 2.20. The van der Waals surface area contributed by atoms with Gasteiger partial charge < -0.3 is 5.11 Å². The molecule has 0 aliphatic heterocycles. The molecule has 2 aliphatic rings. The molecule has 2 fully saturated rings. The van der Waals surface area contributed by atoms with Crippen molar-refractivity contribution in [1.29, 1.82) is 0 Å². The Hall–Kier alpha value is -0.970. The molecule has 0 aromatic rings. The third-order valence-corrected chi connectivity index (χ3v) is 5.07. The molecular formula is C15H25NO4. The van der Waals surface area contributed by atoms with Gasteiger partial charge in [0, 0.05) is 17.8 Å². The molecule has 0 radical (unpaired) electrons. The summed E-state index contributed by atoms with van der Waals surface area (Å²) in [5.74, 6) is -0.824. The van der Waals surface area contributed by atoms with Gasteiger partial charge in [0.1, 0.15) is 0 Å². The number of ketones is 1. The lowest BCUT2D eigenvalue weighted by molar-refractivity contribution is -0.557. The molecule has 0 aromatic heterocycles. The smallest absolute Gasteiger partial charge is 0.279 e. The van der Waals surface area contributed by atoms with Crippen LogP contribution in [0.2, 0.25) is 0 Å². The van der Waals surface area contributed by atoms with Crippen LogP contribution in [-0.2, 0) is 4.79 Å². The predicted octanol–water partition coefficient (Wildman–Crippen LogP) is 2.87. The molecule has 2 aliphatic carbocycles. The fourth-order valence-electron chi connectivity index (χ4n) is 3.74. The monoisotopic (exact) mass is 283 g/mol. The highest BCUT2D eigenvalue weighted by Gasteiger charge is 2.56. The second-order valence-corrected chi connectivity index (χ2v) is 6.38. The lowest BCUT2D eigenvalue weighted by Gasteiger charge is -2.36. The van der Waals surface area contributed by atoms with Crippen LogP contribution in [0.1, 0.15) is 70.6 Å². The van der Waals surface area contributed by atoms with E-state index in [0.717, 1.165) is 38.5 Å². The first-order valence-electron chi connectivity index (χ1n) is 7.95. The van der Waals surface area contributed by atoms with Crippen LogP contribution in [0.4, 0.5) is 0 Å². The normalized spacial score (nSPS) is 36.8. The number of aliphatic hydroxyl groups is 1. The van der Waals surface area contributed by atoms with E-state index in [1.807, 2.05) is 0 Å². The highest BCUT2D eigenvalue weighted by molar-refractivity contribution is 5.90. The molecule has 2 bridgehead atoms. The van der Waals surface area contributed by atoms with Gasteiger partial charge in [-0.2, -0.15) is 0 Å². The van der Waals surface area contributed by atoms with Crippen LogP contribution >= 0.6 is 0 Å². The van der Waals surface area contributed by atoms with Gasteiger partial charge in [-0.3, -0.25) is 14.9 Å². The third-order valence-electron chi connectivity index (χ3n) is 5.07. The Morgan fingerprint density at radius 2 is 1.60 bits per heavy atom. The Kier molecular flexibility index (Phi) is 5.13. The van der Waals surface area contributed by atoms with Gasteiger partial charge in [0.25, 0.3) is 5.54 Å². The van der Waals surface area contributed by atoms with E-state index in [1.165, 1.54) is 6.42 Å². The van der Waals surface area contributed by atoms with Crippen molar-refractivity contribution in [3.8, 4) is 0 Å². The zero-order valence-corrected chi connectivity index (χ0v) is 12.1. The first kappa shape index (κ1) is 15.4. The number of Topliss-reactive ketones (excluding diaryl/α,β-unsaturated/α-hetero) is 1. The van der Waals surface area contributed by atoms with E-state index in [-0.39, 0.29) is 17.1 Å². The van der Waals surface area contributed by atoms with Crippen molar-refractivity contribution in [2.24, 2.45) is 5.92 Å². The van der Waals surface area contributed by atoms with Crippen LogP contribution in [0.5, 0.6) is 0 Å². The quantitative estimate of drug-likeness (QED) is 0.592. The molecule has 20 heavy (non-hydrogen) atoms. The molecule has 3 unspecified atom stereocenters. The first-order chi connectivity index (χ1) is 9.58. The minimum absolute atomic E-state index is 0.205. The van der Waals surface area contributed by atoms with Crippen molar-refractivity contribution in [1.82, 2.24) is 0 Å². The van der Waals surface area contributed by atoms with E-state index in [4.69, 9.17) is 0 Å². The van der Waals surface area contributed by atoms with Gasteiger partial charge in [-0.05, 0) is 19.3 Å². The fraction of sp³-hybridized carbons (Fsp3) is 0.933. The fourth-order valence-corrected chi connectivity index (χ4v) is 3.74. The number of carbonyl (C=O) groups excluding carboxylic acids is 1. The highest BCUT2D eigenvalue weighted by Crippen LogP contribution is 2.38. The number of aliphatic hydroxyl groups excluding tert-OH is 1.